The Labute approximate surface area is 147 Å². The van der Waals surface area contributed by atoms with Crippen LogP contribution in [0.3, 0.4) is 0 Å². The average molecular weight is 341 g/mol. The Morgan fingerprint density at radius 2 is 1.96 bits per heavy atom. The monoisotopic (exact) mass is 341 g/mol. The lowest BCUT2D eigenvalue weighted by molar-refractivity contribution is 0.0697. The Balaban J connectivity index is 1.50. The van der Waals surface area contributed by atoms with Crippen LogP contribution in [0.15, 0.2) is 36.7 Å². The maximum atomic E-state index is 10.9. The molecule has 1 aromatic carbocycles. The summed E-state index contributed by atoms with van der Waals surface area (Å²) in [6.07, 6.45) is 5.89. The van der Waals surface area contributed by atoms with Crippen LogP contribution in [0.25, 0.3) is 0 Å². The molecule has 1 aliphatic rings. The van der Waals surface area contributed by atoms with E-state index in [0.717, 1.165) is 38.0 Å². The number of ether oxygens (including phenoxy) is 1. The van der Waals surface area contributed by atoms with Crippen molar-refractivity contribution in [1.82, 2.24) is 14.9 Å². The fraction of sp³-hybridized carbons (Fsp3) is 0.421. The van der Waals surface area contributed by atoms with Crippen LogP contribution in [0.1, 0.15) is 33.7 Å². The highest BCUT2D eigenvalue weighted by molar-refractivity contribution is 5.87. The van der Waals surface area contributed by atoms with E-state index < -0.39 is 5.97 Å². The van der Waals surface area contributed by atoms with Crippen molar-refractivity contribution in [2.45, 2.75) is 26.0 Å². The number of hydrogen-bond acceptors (Lipinski definition) is 5. The van der Waals surface area contributed by atoms with Gasteiger partial charge in [-0.25, -0.2) is 14.8 Å². The topological polar surface area (TPSA) is 75.5 Å². The number of carboxylic acid groups (broad SMARTS) is 1. The molecule has 0 bridgehead atoms. The van der Waals surface area contributed by atoms with Gasteiger partial charge in [0.05, 0.1) is 5.56 Å². The summed E-state index contributed by atoms with van der Waals surface area (Å²) >= 11 is 0. The summed E-state index contributed by atoms with van der Waals surface area (Å²) in [6, 6.07) is 7.22. The Kier molecular flexibility index (Phi) is 5.73. The second-order valence-electron chi connectivity index (χ2n) is 6.54. The molecule has 6 heteroatoms. The summed E-state index contributed by atoms with van der Waals surface area (Å²) in [4.78, 5) is 21.9. The van der Waals surface area contributed by atoms with Crippen LogP contribution >= 0.6 is 0 Å². The molecular weight excluding hydrogens is 318 g/mol. The molecule has 1 unspecified atom stereocenters. The van der Waals surface area contributed by atoms with Gasteiger partial charge in [0, 0.05) is 38.2 Å². The molecule has 6 nitrogen and oxygen atoms in total. The predicted molar refractivity (Wildman–Crippen MR) is 93.2 cm³/mol. The lowest BCUT2D eigenvalue weighted by Gasteiger charge is -2.16. The van der Waals surface area contributed by atoms with Gasteiger partial charge in [-0.05, 0) is 43.0 Å². The first kappa shape index (κ1) is 17.5. The van der Waals surface area contributed by atoms with E-state index in [9.17, 15) is 4.79 Å². The summed E-state index contributed by atoms with van der Waals surface area (Å²) in [5.41, 5.74) is 2.66. The molecule has 1 N–H and O–H groups in total. The second-order valence-corrected chi connectivity index (χ2v) is 6.54. The van der Waals surface area contributed by atoms with E-state index in [2.05, 4.69) is 14.9 Å². The van der Waals surface area contributed by atoms with Gasteiger partial charge in [0.1, 0.15) is 6.61 Å². The van der Waals surface area contributed by atoms with Gasteiger partial charge >= 0.3 is 5.97 Å². The summed E-state index contributed by atoms with van der Waals surface area (Å²) in [7, 11) is 1.64. The van der Waals surface area contributed by atoms with E-state index in [-0.39, 0.29) is 0 Å². The van der Waals surface area contributed by atoms with Crippen molar-refractivity contribution in [2.75, 3.05) is 20.2 Å². The molecule has 0 radical (unpaired) electrons. The smallest absolute Gasteiger partial charge is 0.335 e. The Bertz CT molecular complexity index is 701. The first-order chi connectivity index (χ1) is 12.1. The molecule has 2 heterocycles. The average Bonchev–Trinajstić information content (AvgIpc) is 3.04. The molecular formula is C19H23N3O3. The Hall–Kier alpha value is -2.31. The number of aromatic nitrogens is 2. The minimum Gasteiger partial charge on any atom is -0.478 e. The molecule has 3 rings (SSSR count). The zero-order valence-electron chi connectivity index (χ0n) is 14.4. The van der Waals surface area contributed by atoms with Crippen LogP contribution in [-0.4, -0.2) is 46.1 Å². The van der Waals surface area contributed by atoms with Gasteiger partial charge in [0.2, 0.25) is 0 Å². The fourth-order valence-electron chi connectivity index (χ4n) is 3.26. The normalized spacial score (nSPS) is 17.7. The van der Waals surface area contributed by atoms with Crippen LogP contribution < -0.4 is 0 Å². The predicted octanol–water partition coefficient (Wildman–Crippen LogP) is 2.39. The summed E-state index contributed by atoms with van der Waals surface area (Å²) in [5.74, 6) is 0.428. The molecule has 0 aliphatic carbocycles. The first-order valence-corrected chi connectivity index (χ1v) is 8.47. The zero-order valence-corrected chi connectivity index (χ0v) is 14.4. The highest BCUT2D eigenvalue weighted by atomic mass is 16.5. The Morgan fingerprint density at radius 1 is 1.24 bits per heavy atom. The number of rotatable bonds is 7. The van der Waals surface area contributed by atoms with Gasteiger partial charge in [-0.2, -0.15) is 0 Å². The van der Waals surface area contributed by atoms with Crippen molar-refractivity contribution < 1.29 is 14.6 Å². The quantitative estimate of drug-likeness (QED) is 0.833. The minimum absolute atomic E-state index is 0.341. The summed E-state index contributed by atoms with van der Waals surface area (Å²) in [5, 5.41) is 8.96. The number of carbonyl (C=O) groups is 1. The van der Waals surface area contributed by atoms with E-state index in [0.29, 0.717) is 23.9 Å². The summed E-state index contributed by atoms with van der Waals surface area (Å²) < 4.78 is 5.02. The third-order valence-corrected chi connectivity index (χ3v) is 4.53. The third kappa shape index (κ3) is 4.84. The number of nitrogens with zero attached hydrogens (tertiary/aromatic N) is 3. The van der Waals surface area contributed by atoms with Gasteiger partial charge in [0.15, 0.2) is 5.82 Å². The van der Waals surface area contributed by atoms with Gasteiger partial charge in [0.25, 0.3) is 0 Å². The first-order valence-electron chi connectivity index (χ1n) is 8.47. The largest absolute Gasteiger partial charge is 0.478 e. The van der Waals surface area contributed by atoms with Crippen LogP contribution in [0.2, 0.25) is 0 Å². The molecule has 132 valence electrons. The molecule has 1 atom stereocenters. The lowest BCUT2D eigenvalue weighted by Crippen LogP contribution is -2.21. The van der Waals surface area contributed by atoms with Crippen LogP contribution in [0.5, 0.6) is 0 Å². The second kappa shape index (κ2) is 8.18. The van der Waals surface area contributed by atoms with Gasteiger partial charge in [-0.15, -0.1) is 0 Å². The Morgan fingerprint density at radius 3 is 2.60 bits per heavy atom. The van der Waals surface area contributed by atoms with Gasteiger partial charge < -0.3 is 9.84 Å². The number of hydrogen-bond donors (Lipinski definition) is 1. The third-order valence-electron chi connectivity index (χ3n) is 4.53. The fourth-order valence-corrected chi connectivity index (χ4v) is 3.26. The molecule has 1 fully saturated rings. The van der Waals surface area contributed by atoms with Crippen molar-refractivity contribution in [2.24, 2.45) is 5.92 Å². The molecule has 0 spiro atoms. The van der Waals surface area contributed by atoms with Crippen molar-refractivity contribution in [3.63, 3.8) is 0 Å². The minimum atomic E-state index is -0.877. The molecule has 1 aliphatic heterocycles. The van der Waals surface area contributed by atoms with Gasteiger partial charge in [-0.1, -0.05) is 12.1 Å². The molecule has 1 aromatic heterocycles. The van der Waals surface area contributed by atoms with E-state index in [4.69, 9.17) is 9.84 Å². The maximum Gasteiger partial charge on any atom is 0.335 e. The van der Waals surface area contributed by atoms with Crippen molar-refractivity contribution in [3.8, 4) is 0 Å². The van der Waals surface area contributed by atoms with Crippen LogP contribution in [-0.2, 0) is 24.3 Å². The number of benzene rings is 1. The standard InChI is InChI=1S/C19H23N3O3/c1-25-13-18-20-9-16(10-21-18)12-22-7-6-15(11-22)8-14-2-4-17(5-3-14)19(23)24/h2-5,9-10,15H,6-8,11-13H2,1H3,(H,23,24). The maximum absolute atomic E-state index is 10.9. The molecule has 25 heavy (non-hydrogen) atoms. The van der Waals surface area contributed by atoms with E-state index >= 15 is 0 Å². The van der Waals surface area contributed by atoms with Crippen LogP contribution in [0, 0.1) is 5.92 Å². The van der Waals surface area contributed by atoms with Crippen molar-refractivity contribution >= 4 is 5.97 Å². The lowest BCUT2D eigenvalue weighted by atomic mass is 9.98. The summed E-state index contributed by atoms with van der Waals surface area (Å²) in [6.45, 7) is 3.41. The highest BCUT2D eigenvalue weighted by Gasteiger charge is 2.22. The van der Waals surface area contributed by atoms with Crippen molar-refractivity contribution in [1.29, 1.82) is 0 Å². The number of carboxylic acids is 1. The molecule has 2 aromatic rings. The highest BCUT2D eigenvalue weighted by Crippen LogP contribution is 2.22. The van der Waals surface area contributed by atoms with E-state index in [1.165, 1.54) is 5.56 Å². The molecule has 0 amide bonds. The van der Waals surface area contributed by atoms with E-state index in [1.54, 1.807) is 19.2 Å². The molecule has 1 saturated heterocycles. The zero-order chi connectivity index (χ0) is 17.6. The van der Waals surface area contributed by atoms with Gasteiger partial charge in [-0.3, -0.25) is 4.90 Å². The van der Waals surface area contributed by atoms with Crippen LogP contribution in [0.4, 0.5) is 0 Å². The SMILES string of the molecule is COCc1ncc(CN2CCC(Cc3ccc(C(=O)O)cc3)C2)cn1. The van der Waals surface area contributed by atoms with Crippen molar-refractivity contribution in [3.05, 3.63) is 59.2 Å². The molecule has 0 saturated carbocycles. The number of aromatic carboxylic acids is 1. The van der Waals surface area contributed by atoms with E-state index in [1.807, 2.05) is 24.5 Å². The number of methoxy groups -OCH3 is 1. The number of likely N-dealkylation sites (tertiary alicyclic amines) is 1.